The Morgan fingerprint density at radius 1 is 1.28 bits per heavy atom. The van der Waals surface area contributed by atoms with E-state index in [4.69, 9.17) is 4.74 Å². The maximum absolute atomic E-state index is 13.0. The molecule has 2 unspecified atom stereocenters. The number of hydrogen-bond acceptors (Lipinski definition) is 5. The van der Waals surface area contributed by atoms with E-state index in [2.05, 4.69) is 5.32 Å². The molecule has 2 fully saturated rings. The minimum atomic E-state index is -3.29. The molecule has 1 aromatic carbocycles. The van der Waals surface area contributed by atoms with Crippen LogP contribution in [0.25, 0.3) is 0 Å². The number of nitrogens with zero attached hydrogens (tertiary/aromatic N) is 2. The molecule has 2 saturated heterocycles. The predicted molar refractivity (Wildman–Crippen MR) is 108 cm³/mol. The summed E-state index contributed by atoms with van der Waals surface area (Å²) in [4.78, 5) is 27.2. The molecule has 2 atom stereocenters. The summed E-state index contributed by atoms with van der Waals surface area (Å²) in [7, 11) is -3.29. The minimum absolute atomic E-state index is 0.00618. The number of carbonyl (C=O) groups is 2. The lowest BCUT2D eigenvalue weighted by atomic mass is 9.86. The zero-order valence-electron chi connectivity index (χ0n) is 16.6. The molecule has 8 nitrogen and oxygen atoms in total. The van der Waals surface area contributed by atoms with Gasteiger partial charge in [0.25, 0.3) is 0 Å². The summed E-state index contributed by atoms with van der Waals surface area (Å²) in [5.74, 6) is 0.290. The van der Waals surface area contributed by atoms with Crippen LogP contribution in [-0.4, -0.2) is 63.6 Å². The fourth-order valence-corrected chi connectivity index (χ4v) is 5.44. The zero-order chi connectivity index (χ0) is 20.6. The molecule has 4 rings (SSSR count). The van der Waals surface area contributed by atoms with Crippen LogP contribution < -0.4 is 10.1 Å². The van der Waals surface area contributed by atoms with Crippen molar-refractivity contribution in [2.75, 3.05) is 37.8 Å². The van der Waals surface area contributed by atoms with E-state index in [1.165, 1.54) is 10.6 Å². The number of anilines is 1. The van der Waals surface area contributed by atoms with Gasteiger partial charge in [-0.25, -0.2) is 0 Å². The predicted octanol–water partition coefficient (Wildman–Crippen LogP) is 1.66. The van der Waals surface area contributed by atoms with Gasteiger partial charge in [-0.05, 0) is 25.0 Å². The Labute approximate surface area is 172 Å². The Bertz CT molecular complexity index is 846. The molecule has 0 aliphatic carbocycles. The van der Waals surface area contributed by atoms with E-state index in [0.29, 0.717) is 56.8 Å². The molecule has 0 saturated carbocycles. The molecule has 1 N–H and O–H groups in total. The Kier molecular flexibility index (Phi) is 5.39. The molecule has 9 heteroatoms. The van der Waals surface area contributed by atoms with Gasteiger partial charge in [-0.1, -0.05) is 16.3 Å². The van der Waals surface area contributed by atoms with Crippen LogP contribution in [0, 0.1) is 5.92 Å². The van der Waals surface area contributed by atoms with Crippen molar-refractivity contribution >= 4 is 27.9 Å². The number of para-hydroxylation sites is 2. The van der Waals surface area contributed by atoms with Crippen molar-refractivity contribution in [3.63, 3.8) is 0 Å². The van der Waals surface area contributed by atoms with E-state index in [-0.39, 0.29) is 30.7 Å². The van der Waals surface area contributed by atoms with Crippen LogP contribution in [-0.2, 0) is 24.2 Å². The molecular formula is C20H27N3O5S. The quantitative estimate of drug-likeness (QED) is 0.732. The lowest BCUT2D eigenvalue weighted by molar-refractivity contribution is -0.140. The van der Waals surface area contributed by atoms with Crippen LogP contribution in [0.2, 0.25) is 0 Å². The third kappa shape index (κ3) is 4.31. The summed E-state index contributed by atoms with van der Waals surface area (Å²) in [6, 6.07) is 7.40. The molecule has 1 aromatic rings. The van der Waals surface area contributed by atoms with Crippen LogP contribution in [0.15, 0.2) is 24.3 Å². The highest BCUT2D eigenvalue weighted by atomic mass is 32.3. The van der Waals surface area contributed by atoms with Gasteiger partial charge in [0.15, 0.2) is 0 Å². The number of carbonyl (C=O) groups excluding carboxylic acids is 2. The van der Waals surface area contributed by atoms with Crippen molar-refractivity contribution in [3.8, 4) is 5.75 Å². The summed E-state index contributed by atoms with van der Waals surface area (Å²) in [6.07, 6.45) is 4.00. The van der Waals surface area contributed by atoms with Crippen molar-refractivity contribution < 1.29 is 23.1 Å². The van der Waals surface area contributed by atoms with Gasteiger partial charge >= 0.3 is 0 Å². The fraction of sp³-hybridized carbons (Fsp3) is 0.600. The van der Waals surface area contributed by atoms with Crippen molar-refractivity contribution in [1.29, 1.82) is 0 Å². The zero-order valence-corrected chi connectivity index (χ0v) is 17.4. The highest BCUT2D eigenvalue weighted by Gasteiger charge is 2.43. The van der Waals surface area contributed by atoms with Crippen LogP contribution in [0.1, 0.15) is 32.1 Å². The van der Waals surface area contributed by atoms with Gasteiger partial charge in [0.1, 0.15) is 28.0 Å². The highest BCUT2D eigenvalue weighted by molar-refractivity contribution is 7.94. The van der Waals surface area contributed by atoms with Gasteiger partial charge in [0.2, 0.25) is 11.8 Å². The van der Waals surface area contributed by atoms with Crippen LogP contribution in [0.4, 0.5) is 5.69 Å². The molecule has 1 spiro atoms. The van der Waals surface area contributed by atoms with E-state index in [9.17, 15) is 18.4 Å². The standard InChI is InChI=1S/C20H27N3O5S/c1-29(26,27)23-10-4-5-15(14-23)19(25)22-11-8-20(9-12-22)13-18(24)21-16-6-2-3-7-17(16)28-20/h2-3,6-7,15H,4-5,8-14H2,1H3,(H-,21,24,26,27). The first-order chi connectivity index (χ1) is 13.8. The highest BCUT2D eigenvalue weighted by Crippen LogP contribution is 2.38. The SMILES string of the molecule is C[S+](=O)([O-])N1CCCC(C(=O)N2CCC3(CC2)CC(=O)Nc2ccccc2O3)C1. The number of rotatable bonds is 2. The molecule has 3 aliphatic rings. The van der Waals surface area contributed by atoms with Crippen LogP contribution in [0.5, 0.6) is 5.75 Å². The minimum Gasteiger partial charge on any atom is -0.598 e. The molecule has 3 aliphatic heterocycles. The Balaban J connectivity index is 1.42. The fourth-order valence-electron chi connectivity index (χ4n) is 4.53. The Morgan fingerprint density at radius 3 is 2.72 bits per heavy atom. The summed E-state index contributed by atoms with van der Waals surface area (Å²) in [5.41, 5.74) is 0.0645. The third-order valence-corrected chi connectivity index (χ3v) is 7.43. The summed E-state index contributed by atoms with van der Waals surface area (Å²) in [5, 5.41) is 2.89. The number of benzene rings is 1. The van der Waals surface area contributed by atoms with E-state index in [0.717, 1.165) is 0 Å². The van der Waals surface area contributed by atoms with Gasteiger partial charge in [-0.3, -0.25) is 9.59 Å². The first kappa shape index (κ1) is 20.3. The van der Waals surface area contributed by atoms with Crippen molar-refractivity contribution in [2.45, 2.75) is 37.7 Å². The number of ether oxygens (including phenoxy) is 1. The molecule has 0 aromatic heterocycles. The van der Waals surface area contributed by atoms with E-state index in [1.807, 2.05) is 24.3 Å². The third-order valence-electron chi connectivity index (χ3n) is 6.16. The topological polar surface area (TPSA) is 102 Å². The van der Waals surface area contributed by atoms with E-state index in [1.54, 1.807) is 4.90 Å². The lowest BCUT2D eigenvalue weighted by Crippen LogP contribution is -2.54. The van der Waals surface area contributed by atoms with Gasteiger partial charge in [0, 0.05) is 32.5 Å². The van der Waals surface area contributed by atoms with Crippen molar-refractivity contribution in [3.05, 3.63) is 24.3 Å². The van der Waals surface area contributed by atoms with Crippen LogP contribution in [0.3, 0.4) is 0 Å². The van der Waals surface area contributed by atoms with Crippen LogP contribution >= 0.6 is 0 Å². The number of likely N-dealkylation sites (tertiary alicyclic amines) is 1. The van der Waals surface area contributed by atoms with Gasteiger partial charge in [0.05, 0.1) is 24.6 Å². The largest absolute Gasteiger partial charge is 0.598 e. The second kappa shape index (κ2) is 7.70. The molecule has 29 heavy (non-hydrogen) atoms. The Hall–Kier alpha value is -1.97. The molecule has 2 amide bonds. The lowest BCUT2D eigenvalue weighted by Gasteiger charge is -2.42. The number of fused-ring (bicyclic) bond motifs is 1. The number of nitrogens with one attached hydrogen (secondary N) is 1. The maximum atomic E-state index is 13.0. The van der Waals surface area contributed by atoms with E-state index >= 15 is 0 Å². The second-order valence-corrected chi connectivity index (χ2v) is 10.3. The normalized spacial score (nSPS) is 26.6. The second-order valence-electron chi connectivity index (χ2n) is 8.29. The average molecular weight is 422 g/mol. The van der Waals surface area contributed by atoms with Gasteiger partial charge in [-0.15, -0.1) is 4.31 Å². The maximum Gasteiger partial charge on any atom is 0.228 e. The molecular weight excluding hydrogens is 394 g/mol. The molecule has 3 heterocycles. The molecule has 0 bridgehead atoms. The molecule has 158 valence electrons. The van der Waals surface area contributed by atoms with Gasteiger partial charge in [-0.2, -0.15) is 0 Å². The number of amides is 2. The summed E-state index contributed by atoms with van der Waals surface area (Å²) in [6.45, 7) is 1.74. The van der Waals surface area contributed by atoms with Crippen molar-refractivity contribution in [2.24, 2.45) is 5.92 Å². The number of hydrogen-bond donors (Lipinski definition) is 1. The Morgan fingerprint density at radius 2 is 2.00 bits per heavy atom. The van der Waals surface area contributed by atoms with E-state index < -0.39 is 16.0 Å². The number of sulfonamides is 1. The number of piperidine rings is 2. The van der Waals surface area contributed by atoms with Crippen molar-refractivity contribution in [1.82, 2.24) is 9.21 Å². The molecule has 0 radical (unpaired) electrons. The smallest absolute Gasteiger partial charge is 0.228 e. The first-order valence-electron chi connectivity index (χ1n) is 10.1. The summed E-state index contributed by atoms with van der Waals surface area (Å²) < 4.78 is 31.4. The monoisotopic (exact) mass is 421 g/mol. The van der Waals surface area contributed by atoms with Gasteiger partial charge < -0.3 is 19.5 Å². The average Bonchev–Trinajstić information content (AvgIpc) is 2.82. The first-order valence-corrected chi connectivity index (χ1v) is 11.9. The summed E-state index contributed by atoms with van der Waals surface area (Å²) >= 11 is 0.